The van der Waals surface area contributed by atoms with Gasteiger partial charge in [-0.1, -0.05) is 0 Å². The summed E-state index contributed by atoms with van der Waals surface area (Å²) in [5, 5.41) is 21.9. The molecule has 1 rings (SSSR count). The fourth-order valence-corrected chi connectivity index (χ4v) is 1.13. The van der Waals surface area contributed by atoms with Crippen LogP contribution in [0.1, 0.15) is 5.69 Å². The summed E-state index contributed by atoms with van der Waals surface area (Å²) in [6, 6.07) is -1.92. The minimum absolute atomic E-state index is 0.339. The number of aliphatic hydroxyl groups is 1. The smallest absolute Gasteiger partial charge is 0.328 e. The van der Waals surface area contributed by atoms with Gasteiger partial charge in [0.15, 0.2) is 6.04 Å². The van der Waals surface area contributed by atoms with Gasteiger partial charge < -0.3 is 25.8 Å². The Labute approximate surface area is 97.1 Å². The maximum Gasteiger partial charge on any atom is 0.328 e. The lowest BCUT2D eigenvalue weighted by Gasteiger charge is -2.12. The SMILES string of the molecule is O=C(NCCc1cnc[nH]1)N[C@@H](CO)C(=O)O. The van der Waals surface area contributed by atoms with Gasteiger partial charge in [-0.2, -0.15) is 0 Å². The number of urea groups is 1. The van der Waals surface area contributed by atoms with Crippen molar-refractivity contribution in [2.45, 2.75) is 12.5 Å². The lowest BCUT2D eigenvalue weighted by molar-refractivity contribution is -0.140. The molecular formula is C9H14N4O4. The number of hydrogen-bond acceptors (Lipinski definition) is 4. The average molecular weight is 242 g/mol. The van der Waals surface area contributed by atoms with Crippen molar-refractivity contribution in [1.82, 2.24) is 20.6 Å². The molecule has 0 saturated heterocycles. The molecule has 5 N–H and O–H groups in total. The van der Waals surface area contributed by atoms with E-state index in [1.54, 1.807) is 6.20 Å². The van der Waals surface area contributed by atoms with E-state index in [0.29, 0.717) is 13.0 Å². The number of amides is 2. The second kappa shape index (κ2) is 6.48. The summed E-state index contributed by atoms with van der Waals surface area (Å²) < 4.78 is 0. The quantitative estimate of drug-likeness (QED) is 0.423. The van der Waals surface area contributed by atoms with Crippen LogP contribution in [0.25, 0.3) is 0 Å². The first-order valence-corrected chi connectivity index (χ1v) is 4.98. The number of hydrogen-bond donors (Lipinski definition) is 5. The van der Waals surface area contributed by atoms with E-state index >= 15 is 0 Å². The van der Waals surface area contributed by atoms with Gasteiger partial charge in [0.2, 0.25) is 0 Å². The Balaban J connectivity index is 2.23. The second-order valence-electron chi connectivity index (χ2n) is 3.30. The van der Waals surface area contributed by atoms with Crippen LogP contribution in [0.4, 0.5) is 4.79 Å². The Morgan fingerprint density at radius 2 is 2.29 bits per heavy atom. The van der Waals surface area contributed by atoms with E-state index in [4.69, 9.17) is 10.2 Å². The third kappa shape index (κ3) is 4.51. The molecule has 1 aromatic heterocycles. The highest BCUT2D eigenvalue weighted by molar-refractivity contribution is 5.82. The molecule has 1 atom stereocenters. The number of aliphatic carboxylic acids is 1. The van der Waals surface area contributed by atoms with E-state index in [1.165, 1.54) is 6.33 Å². The van der Waals surface area contributed by atoms with Crippen molar-refractivity contribution in [3.05, 3.63) is 18.2 Å². The van der Waals surface area contributed by atoms with Gasteiger partial charge in [-0.3, -0.25) is 0 Å². The Hall–Kier alpha value is -2.09. The molecule has 0 aliphatic heterocycles. The number of carbonyl (C=O) groups is 2. The zero-order valence-corrected chi connectivity index (χ0v) is 9.01. The van der Waals surface area contributed by atoms with Crippen molar-refractivity contribution in [2.24, 2.45) is 0 Å². The number of carbonyl (C=O) groups excluding carboxylic acids is 1. The van der Waals surface area contributed by atoms with Crippen molar-refractivity contribution in [3.8, 4) is 0 Å². The summed E-state index contributed by atoms with van der Waals surface area (Å²) in [7, 11) is 0. The predicted octanol–water partition coefficient (Wildman–Crippen LogP) is -1.30. The van der Waals surface area contributed by atoms with Crippen LogP contribution in [-0.4, -0.2) is 51.4 Å². The van der Waals surface area contributed by atoms with Crippen molar-refractivity contribution >= 4 is 12.0 Å². The Bertz CT molecular complexity index is 365. The zero-order valence-electron chi connectivity index (χ0n) is 9.01. The molecule has 8 heteroatoms. The fourth-order valence-electron chi connectivity index (χ4n) is 1.13. The summed E-state index contributed by atoms with van der Waals surface area (Å²) in [6.07, 6.45) is 3.72. The van der Waals surface area contributed by atoms with Crippen LogP contribution in [-0.2, 0) is 11.2 Å². The molecule has 8 nitrogen and oxygen atoms in total. The molecule has 0 aliphatic rings. The van der Waals surface area contributed by atoms with Gasteiger partial charge in [0, 0.05) is 24.9 Å². The Kier molecular flexibility index (Phi) is 4.95. The van der Waals surface area contributed by atoms with E-state index in [-0.39, 0.29) is 0 Å². The number of carboxylic acid groups (broad SMARTS) is 1. The fraction of sp³-hybridized carbons (Fsp3) is 0.444. The van der Waals surface area contributed by atoms with Gasteiger partial charge >= 0.3 is 12.0 Å². The van der Waals surface area contributed by atoms with Gasteiger partial charge in [0.05, 0.1) is 12.9 Å². The van der Waals surface area contributed by atoms with Crippen molar-refractivity contribution in [1.29, 1.82) is 0 Å². The molecule has 0 unspecified atom stereocenters. The average Bonchev–Trinajstić information content (AvgIpc) is 2.78. The molecule has 0 aliphatic carbocycles. The largest absolute Gasteiger partial charge is 0.480 e. The topological polar surface area (TPSA) is 127 Å². The van der Waals surface area contributed by atoms with Gasteiger partial charge in [0.1, 0.15) is 0 Å². The van der Waals surface area contributed by atoms with E-state index < -0.39 is 24.6 Å². The van der Waals surface area contributed by atoms with Gasteiger partial charge in [0.25, 0.3) is 0 Å². The van der Waals surface area contributed by atoms with Gasteiger partial charge in [-0.25, -0.2) is 14.6 Å². The molecule has 0 radical (unpaired) electrons. The summed E-state index contributed by atoms with van der Waals surface area (Å²) >= 11 is 0. The van der Waals surface area contributed by atoms with Gasteiger partial charge in [-0.05, 0) is 0 Å². The highest BCUT2D eigenvalue weighted by atomic mass is 16.4. The zero-order chi connectivity index (χ0) is 12.7. The van der Waals surface area contributed by atoms with E-state index in [0.717, 1.165) is 5.69 Å². The highest BCUT2D eigenvalue weighted by Gasteiger charge is 2.17. The number of aromatic amines is 1. The normalized spacial score (nSPS) is 11.8. The number of rotatable bonds is 6. The van der Waals surface area contributed by atoms with Crippen LogP contribution >= 0.6 is 0 Å². The number of aromatic nitrogens is 2. The van der Waals surface area contributed by atoms with E-state index in [1.807, 2.05) is 0 Å². The minimum Gasteiger partial charge on any atom is -0.480 e. The minimum atomic E-state index is -1.29. The summed E-state index contributed by atoms with van der Waals surface area (Å²) in [6.45, 7) is -0.310. The van der Waals surface area contributed by atoms with Crippen LogP contribution < -0.4 is 10.6 Å². The maximum atomic E-state index is 11.2. The van der Waals surface area contributed by atoms with Crippen molar-refractivity contribution in [3.63, 3.8) is 0 Å². The number of imidazole rings is 1. The number of H-pyrrole nitrogens is 1. The van der Waals surface area contributed by atoms with Crippen LogP contribution in [0.15, 0.2) is 12.5 Å². The number of nitrogens with one attached hydrogen (secondary N) is 3. The second-order valence-corrected chi connectivity index (χ2v) is 3.30. The highest BCUT2D eigenvalue weighted by Crippen LogP contribution is 1.90. The van der Waals surface area contributed by atoms with Crippen LogP contribution in [0, 0.1) is 0 Å². The Morgan fingerprint density at radius 1 is 1.53 bits per heavy atom. The molecule has 1 aromatic rings. The third-order valence-corrected chi connectivity index (χ3v) is 2.02. The molecule has 0 saturated carbocycles. The molecule has 0 spiro atoms. The third-order valence-electron chi connectivity index (χ3n) is 2.02. The van der Waals surface area contributed by atoms with Crippen LogP contribution in [0.5, 0.6) is 0 Å². The first-order valence-electron chi connectivity index (χ1n) is 4.98. The lowest BCUT2D eigenvalue weighted by atomic mass is 10.3. The molecule has 1 heterocycles. The molecule has 0 aromatic carbocycles. The van der Waals surface area contributed by atoms with E-state index in [9.17, 15) is 9.59 Å². The summed E-state index contributed by atoms with van der Waals surface area (Å²) in [5.41, 5.74) is 0.863. The summed E-state index contributed by atoms with van der Waals surface area (Å²) in [5.74, 6) is -1.28. The molecule has 17 heavy (non-hydrogen) atoms. The maximum absolute atomic E-state index is 11.2. The van der Waals surface area contributed by atoms with Crippen molar-refractivity contribution < 1.29 is 19.8 Å². The van der Waals surface area contributed by atoms with Crippen LogP contribution in [0.2, 0.25) is 0 Å². The molecule has 94 valence electrons. The van der Waals surface area contributed by atoms with Gasteiger partial charge in [-0.15, -0.1) is 0 Å². The number of carboxylic acids is 1. The molecular weight excluding hydrogens is 228 g/mol. The summed E-state index contributed by atoms with van der Waals surface area (Å²) in [4.78, 5) is 28.4. The number of aliphatic hydroxyl groups excluding tert-OH is 1. The monoisotopic (exact) mass is 242 g/mol. The Morgan fingerprint density at radius 3 is 2.82 bits per heavy atom. The predicted molar refractivity (Wildman–Crippen MR) is 57.3 cm³/mol. The first kappa shape index (κ1) is 13.0. The molecule has 0 fully saturated rings. The molecule has 2 amide bonds. The van der Waals surface area contributed by atoms with E-state index in [2.05, 4.69) is 20.6 Å². The molecule has 0 bridgehead atoms. The first-order chi connectivity index (χ1) is 8.13. The van der Waals surface area contributed by atoms with Crippen molar-refractivity contribution in [2.75, 3.05) is 13.2 Å². The lowest BCUT2D eigenvalue weighted by Crippen LogP contribution is -2.48. The van der Waals surface area contributed by atoms with Crippen LogP contribution in [0.3, 0.4) is 0 Å². The standard InChI is InChI=1S/C9H14N4O4/c14-4-7(8(15)16)13-9(17)11-2-1-6-3-10-5-12-6/h3,5,7,14H,1-2,4H2,(H,10,12)(H,15,16)(H2,11,13,17)/t7-/m0/s1. The number of nitrogens with zero attached hydrogens (tertiary/aromatic N) is 1.